The summed E-state index contributed by atoms with van der Waals surface area (Å²) in [6.45, 7) is 6.28. The molecule has 1 aromatic rings. The van der Waals surface area contributed by atoms with Crippen molar-refractivity contribution in [3.8, 4) is 5.75 Å². The molecule has 1 aromatic carbocycles. The molecule has 0 aromatic heterocycles. The van der Waals surface area contributed by atoms with Crippen LogP contribution in [0.4, 0.5) is 0 Å². The molecule has 4 rings (SSSR count). The van der Waals surface area contributed by atoms with Crippen LogP contribution in [0.3, 0.4) is 0 Å². The van der Waals surface area contributed by atoms with Crippen molar-refractivity contribution in [2.45, 2.75) is 38.3 Å². The van der Waals surface area contributed by atoms with E-state index < -0.39 is 0 Å². The Morgan fingerprint density at radius 1 is 1.17 bits per heavy atom. The van der Waals surface area contributed by atoms with Gasteiger partial charge in [-0.3, -0.25) is 9.69 Å². The van der Waals surface area contributed by atoms with Crippen LogP contribution < -0.4 is 4.74 Å². The molecule has 4 nitrogen and oxygen atoms in total. The third-order valence-electron chi connectivity index (χ3n) is 5.46. The van der Waals surface area contributed by atoms with E-state index in [1.54, 1.807) is 0 Å². The lowest BCUT2D eigenvalue weighted by Gasteiger charge is -2.40. The molecular weight excluding hydrogens is 320 g/mol. The summed E-state index contributed by atoms with van der Waals surface area (Å²) < 4.78 is 5.74. The predicted octanol–water partition coefficient (Wildman–Crippen LogP) is 2.66. The molecule has 0 radical (unpaired) electrons. The Balaban J connectivity index is 1.37. The summed E-state index contributed by atoms with van der Waals surface area (Å²) in [5.74, 6) is 3.65. The van der Waals surface area contributed by atoms with Crippen LogP contribution in [0.1, 0.15) is 35.7 Å². The first-order valence-electron chi connectivity index (χ1n) is 9.11. The minimum atomic E-state index is 0.185. The van der Waals surface area contributed by atoms with E-state index >= 15 is 0 Å². The summed E-state index contributed by atoms with van der Waals surface area (Å²) in [4.78, 5) is 17.5. The fraction of sp³-hybridized carbons (Fsp3) is 0.632. The summed E-state index contributed by atoms with van der Waals surface area (Å²) in [6.07, 6.45) is 3.36. The maximum Gasteiger partial charge on any atom is 0.253 e. The molecule has 3 aliphatic rings. The van der Waals surface area contributed by atoms with Crippen LogP contribution in [0.2, 0.25) is 0 Å². The molecule has 5 heteroatoms. The molecule has 0 bridgehead atoms. The number of ether oxygens (including phenoxy) is 1. The van der Waals surface area contributed by atoms with E-state index in [2.05, 4.69) is 23.6 Å². The SMILES string of the molecule is C[C@@H]1Cc2cc(C(=O)N3CCC(N4CCSCC4)CC3)ccc2O1. The second-order valence-electron chi connectivity index (χ2n) is 7.13. The summed E-state index contributed by atoms with van der Waals surface area (Å²) in [5, 5.41) is 0. The molecule has 0 aliphatic carbocycles. The van der Waals surface area contributed by atoms with Crippen LogP contribution in [-0.4, -0.2) is 65.5 Å². The molecule has 1 atom stereocenters. The van der Waals surface area contributed by atoms with E-state index in [4.69, 9.17) is 4.74 Å². The number of rotatable bonds is 2. The highest BCUT2D eigenvalue weighted by Gasteiger charge is 2.29. The van der Waals surface area contributed by atoms with Crippen LogP contribution in [0.15, 0.2) is 18.2 Å². The summed E-state index contributed by atoms with van der Waals surface area (Å²) in [6, 6.07) is 6.59. The number of nitrogens with zero attached hydrogens (tertiary/aromatic N) is 2. The zero-order valence-electron chi connectivity index (χ0n) is 14.4. The predicted molar refractivity (Wildman–Crippen MR) is 98.1 cm³/mol. The third kappa shape index (κ3) is 3.29. The van der Waals surface area contributed by atoms with E-state index in [1.807, 2.05) is 23.1 Å². The molecule has 0 saturated carbocycles. The van der Waals surface area contributed by atoms with E-state index in [0.717, 1.165) is 43.7 Å². The molecule has 0 unspecified atom stereocenters. The van der Waals surface area contributed by atoms with Gasteiger partial charge in [-0.1, -0.05) is 0 Å². The molecule has 0 N–H and O–H groups in total. The molecular formula is C19H26N2O2S. The van der Waals surface area contributed by atoms with Crippen molar-refractivity contribution in [3.63, 3.8) is 0 Å². The Kier molecular flexibility index (Phi) is 4.72. The van der Waals surface area contributed by atoms with Gasteiger partial charge in [0.1, 0.15) is 11.9 Å². The Labute approximate surface area is 148 Å². The summed E-state index contributed by atoms with van der Waals surface area (Å²) >= 11 is 2.06. The molecule has 1 amide bonds. The molecule has 3 aliphatic heterocycles. The Hall–Kier alpha value is -1.20. The van der Waals surface area contributed by atoms with Crippen molar-refractivity contribution in [1.82, 2.24) is 9.80 Å². The van der Waals surface area contributed by atoms with E-state index in [0.29, 0.717) is 6.04 Å². The number of benzene rings is 1. The number of carbonyl (C=O) groups excluding carboxylic acids is 1. The van der Waals surface area contributed by atoms with Crippen LogP contribution in [0.25, 0.3) is 0 Å². The highest BCUT2D eigenvalue weighted by Crippen LogP contribution is 2.30. The second kappa shape index (κ2) is 6.96. The lowest BCUT2D eigenvalue weighted by atomic mass is 10.0. The highest BCUT2D eigenvalue weighted by molar-refractivity contribution is 7.99. The fourth-order valence-corrected chi connectivity index (χ4v) is 5.05. The molecule has 2 fully saturated rings. The van der Waals surface area contributed by atoms with Gasteiger partial charge in [-0.25, -0.2) is 0 Å². The lowest BCUT2D eigenvalue weighted by Crippen LogP contribution is -2.49. The van der Waals surface area contributed by atoms with Crippen molar-refractivity contribution < 1.29 is 9.53 Å². The number of thioether (sulfide) groups is 1. The number of hydrogen-bond acceptors (Lipinski definition) is 4. The average molecular weight is 346 g/mol. The zero-order valence-corrected chi connectivity index (χ0v) is 15.2. The quantitative estimate of drug-likeness (QED) is 0.824. The molecule has 2 saturated heterocycles. The first-order valence-corrected chi connectivity index (χ1v) is 10.3. The smallest absolute Gasteiger partial charge is 0.253 e. The van der Waals surface area contributed by atoms with Crippen molar-refractivity contribution >= 4 is 17.7 Å². The zero-order chi connectivity index (χ0) is 16.5. The Morgan fingerprint density at radius 2 is 1.92 bits per heavy atom. The third-order valence-corrected chi connectivity index (χ3v) is 6.40. The maximum atomic E-state index is 12.8. The number of carbonyl (C=O) groups is 1. The van der Waals surface area contributed by atoms with Crippen LogP contribution in [-0.2, 0) is 6.42 Å². The van der Waals surface area contributed by atoms with Gasteiger partial charge in [-0.15, -0.1) is 0 Å². The number of hydrogen-bond donors (Lipinski definition) is 0. The fourth-order valence-electron chi connectivity index (χ4n) is 4.11. The first-order chi connectivity index (χ1) is 11.7. The molecule has 3 heterocycles. The lowest BCUT2D eigenvalue weighted by molar-refractivity contribution is 0.0631. The summed E-state index contributed by atoms with van der Waals surface area (Å²) in [5.41, 5.74) is 1.99. The van der Waals surface area contributed by atoms with Crippen molar-refractivity contribution in [2.24, 2.45) is 0 Å². The topological polar surface area (TPSA) is 32.8 Å². The molecule has 0 spiro atoms. The van der Waals surface area contributed by atoms with E-state index in [1.165, 1.54) is 30.2 Å². The van der Waals surface area contributed by atoms with E-state index in [9.17, 15) is 4.79 Å². The van der Waals surface area contributed by atoms with Crippen LogP contribution in [0.5, 0.6) is 5.75 Å². The van der Waals surface area contributed by atoms with Crippen molar-refractivity contribution in [2.75, 3.05) is 37.7 Å². The molecule has 130 valence electrons. The minimum absolute atomic E-state index is 0.185. The van der Waals surface area contributed by atoms with Gasteiger partial charge in [-0.2, -0.15) is 11.8 Å². The number of amides is 1. The normalized spacial score (nSPS) is 25.4. The van der Waals surface area contributed by atoms with Crippen LogP contribution in [0, 0.1) is 0 Å². The highest BCUT2D eigenvalue weighted by atomic mass is 32.2. The number of piperidine rings is 1. The van der Waals surface area contributed by atoms with Crippen LogP contribution >= 0.6 is 11.8 Å². The average Bonchev–Trinajstić information content (AvgIpc) is 3.01. The first kappa shape index (κ1) is 16.3. The number of likely N-dealkylation sites (tertiary alicyclic amines) is 1. The van der Waals surface area contributed by atoms with Gasteiger partial charge in [0.25, 0.3) is 5.91 Å². The van der Waals surface area contributed by atoms with Gasteiger partial charge in [-0.05, 0) is 43.5 Å². The van der Waals surface area contributed by atoms with Crippen molar-refractivity contribution in [1.29, 1.82) is 0 Å². The standard InChI is InChI=1S/C19H26N2O2S/c1-14-12-16-13-15(2-3-18(16)23-14)19(22)21-6-4-17(5-7-21)20-8-10-24-11-9-20/h2-3,13-14,17H,4-12H2,1H3/t14-/m1/s1. The van der Waals surface area contributed by atoms with Gasteiger partial charge in [0.05, 0.1) is 0 Å². The van der Waals surface area contributed by atoms with Gasteiger partial charge in [0, 0.05) is 55.7 Å². The second-order valence-corrected chi connectivity index (χ2v) is 8.35. The Bertz CT molecular complexity index is 607. The number of fused-ring (bicyclic) bond motifs is 1. The maximum absolute atomic E-state index is 12.8. The largest absolute Gasteiger partial charge is 0.490 e. The van der Waals surface area contributed by atoms with Crippen molar-refractivity contribution in [3.05, 3.63) is 29.3 Å². The Morgan fingerprint density at radius 3 is 2.67 bits per heavy atom. The van der Waals surface area contributed by atoms with Gasteiger partial charge < -0.3 is 9.64 Å². The van der Waals surface area contributed by atoms with Gasteiger partial charge >= 0.3 is 0 Å². The monoisotopic (exact) mass is 346 g/mol. The minimum Gasteiger partial charge on any atom is -0.490 e. The molecule has 24 heavy (non-hydrogen) atoms. The summed E-state index contributed by atoms with van der Waals surface area (Å²) in [7, 11) is 0. The van der Waals surface area contributed by atoms with Gasteiger partial charge in [0.15, 0.2) is 0 Å². The van der Waals surface area contributed by atoms with Gasteiger partial charge in [0.2, 0.25) is 0 Å². The van der Waals surface area contributed by atoms with E-state index in [-0.39, 0.29) is 12.0 Å².